The Morgan fingerprint density at radius 2 is 2.00 bits per heavy atom. The predicted molar refractivity (Wildman–Crippen MR) is 107 cm³/mol. The number of aryl methyl sites for hydroxylation is 2. The Morgan fingerprint density at radius 3 is 2.78 bits per heavy atom. The first-order chi connectivity index (χ1) is 13.2. The van der Waals surface area contributed by atoms with Gasteiger partial charge in [-0.3, -0.25) is 0 Å². The van der Waals surface area contributed by atoms with E-state index in [0.717, 1.165) is 43.1 Å². The molecule has 0 aliphatic carbocycles. The van der Waals surface area contributed by atoms with Crippen molar-refractivity contribution in [2.45, 2.75) is 33.0 Å². The molecule has 0 aliphatic rings. The number of hydrogen-bond acceptors (Lipinski definition) is 4. The zero-order valence-corrected chi connectivity index (χ0v) is 16.0. The molecule has 5 heteroatoms. The lowest BCUT2D eigenvalue weighted by Gasteiger charge is -2.13. The second-order valence-electron chi connectivity index (χ2n) is 6.59. The van der Waals surface area contributed by atoms with Crippen LogP contribution in [0.15, 0.2) is 61.2 Å². The van der Waals surface area contributed by atoms with Gasteiger partial charge in [-0.05, 0) is 43.1 Å². The van der Waals surface area contributed by atoms with Gasteiger partial charge in [0.25, 0.3) is 0 Å². The molecule has 1 heterocycles. The molecule has 5 nitrogen and oxygen atoms in total. The highest BCUT2D eigenvalue weighted by atomic mass is 16.5. The van der Waals surface area contributed by atoms with E-state index in [1.54, 1.807) is 7.11 Å². The van der Waals surface area contributed by atoms with Crippen molar-refractivity contribution < 1.29 is 9.47 Å². The van der Waals surface area contributed by atoms with E-state index in [-0.39, 0.29) is 0 Å². The third-order valence-electron chi connectivity index (χ3n) is 4.36. The van der Waals surface area contributed by atoms with Gasteiger partial charge < -0.3 is 19.4 Å². The number of methoxy groups -OCH3 is 1. The van der Waals surface area contributed by atoms with Crippen LogP contribution >= 0.6 is 0 Å². The summed E-state index contributed by atoms with van der Waals surface area (Å²) in [4.78, 5) is 4.05. The van der Waals surface area contributed by atoms with Crippen LogP contribution in [0.3, 0.4) is 0 Å². The number of aromatic nitrogens is 2. The van der Waals surface area contributed by atoms with Gasteiger partial charge in [0.1, 0.15) is 6.61 Å². The highest BCUT2D eigenvalue weighted by Crippen LogP contribution is 2.29. The largest absolute Gasteiger partial charge is 0.493 e. The van der Waals surface area contributed by atoms with Crippen LogP contribution in [0.2, 0.25) is 0 Å². The van der Waals surface area contributed by atoms with Gasteiger partial charge in [-0.2, -0.15) is 0 Å². The van der Waals surface area contributed by atoms with Gasteiger partial charge in [-0.15, -0.1) is 0 Å². The summed E-state index contributed by atoms with van der Waals surface area (Å²) >= 11 is 0. The molecule has 0 radical (unpaired) electrons. The molecule has 1 N–H and O–H groups in total. The summed E-state index contributed by atoms with van der Waals surface area (Å²) in [6.45, 7) is 5.35. The topological polar surface area (TPSA) is 48.3 Å². The van der Waals surface area contributed by atoms with E-state index >= 15 is 0 Å². The molecule has 3 aromatic rings. The van der Waals surface area contributed by atoms with Crippen molar-refractivity contribution >= 4 is 0 Å². The summed E-state index contributed by atoms with van der Waals surface area (Å²) in [5.74, 6) is 1.53. The summed E-state index contributed by atoms with van der Waals surface area (Å²) in [6.07, 6.45) is 6.70. The van der Waals surface area contributed by atoms with Crippen LogP contribution in [-0.2, 0) is 19.7 Å². The van der Waals surface area contributed by atoms with Crippen molar-refractivity contribution in [3.8, 4) is 11.5 Å². The third-order valence-corrected chi connectivity index (χ3v) is 4.36. The summed E-state index contributed by atoms with van der Waals surface area (Å²) < 4.78 is 13.6. The monoisotopic (exact) mass is 365 g/mol. The molecular weight excluding hydrogens is 338 g/mol. The minimum Gasteiger partial charge on any atom is -0.493 e. The van der Waals surface area contributed by atoms with Gasteiger partial charge in [0.05, 0.1) is 13.4 Å². The molecule has 2 aromatic carbocycles. The molecule has 0 atom stereocenters. The van der Waals surface area contributed by atoms with Gasteiger partial charge in [-0.1, -0.05) is 35.9 Å². The van der Waals surface area contributed by atoms with Crippen LogP contribution in [0.25, 0.3) is 0 Å². The molecule has 0 spiro atoms. The molecular formula is C22H27N3O2. The normalized spacial score (nSPS) is 10.7. The number of imidazole rings is 1. The molecule has 27 heavy (non-hydrogen) atoms. The van der Waals surface area contributed by atoms with Gasteiger partial charge in [0.15, 0.2) is 11.5 Å². The highest BCUT2D eigenvalue weighted by molar-refractivity contribution is 5.43. The fourth-order valence-electron chi connectivity index (χ4n) is 2.94. The summed E-state index contributed by atoms with van der Waals surface area (Å²) in [5.41, 5.74) is 3.57. The first-order valence-electron chi connectivity index (χ1n) is 9.26. The lowest BCUT2D eigenvalue weighted by molar-refractivity contribution is 0.284. The van der Waals surface area contributed by atoms with E-state index in [4.69, 9.17) is 9.47 Å². The van der Waals surface area contributed by atoms with Crippen molar-refractivity contribution in [1.29, 1.82) is 0 Å². The van der Waals surface area contributed by atoms with E-state index in [2.05, 4.69) is 46.1 Å². The second kappa shape index (κ2) is 9.78. The lowest BCUT2D eigenvalue weighted by atomic mass is 10.1. The fourth-order valence-corrected chi connectivity index (χ4v) is 2.94. The average molecular weight is 365 g/mol. The maximum absolute atomic E-state index is 5.95. The SMILES string of the molecule is COc1cc(CNCCCn2ccnc2)ccc1OCc1cccc(C)c1. The first kappa shape index (κ1) is 19.0. The predicted octanol–water partition coefficient (Wildman–Crippen LogP) is 3.96. The first-order valence-corrected chi connectivity index (χ1v) is 9.26. The Kier molecular flexibility index (Phi) is 6.88. The van der Waals surface area contributed by atoms with Crippen LogP contribution in [0.5, 0.6) is 11.5 Å². The number of benzene rings is 2. The molecule has 0 fully saturated rings. The van der Waals surface area contributed by atoms with Crippen molar-refractivity contribution in [1.82, 2.24) is 14.9 Å². The molecule has 142 valence electrons. The second-order valence-corrected chi connectivity index (χ2v) is 6.59. The average Bonchev–Trinajstić information content (AvgIpc) is 3.20. The van der Waals surface area contributed by atoms with Gasteiger partial charge in [0, 0.05) is 25.5 Å². The van der Waals surface area contributed by atoms with E-state index < -0.39 is 0 Å². The Labute approximate surface area is 161 Å². The van der Waals surface area contributed by atoms with Crippen molar-refractivity contribution in [3.05, 3.63) is 77.9 Å². The minimum atomic E-state index is 0.532. The van der Waals surface area contributed by atoms with Crippen molar-refractivity contribution in [2.24, 2.45) is 0 Å². The molecule has 3 rings (SSSR count). The van der Waals surface area contributed by atoms with Gasteiger partial charge in [-0.25, -0.2) is 4.98 Å². The lowest BCUT2D eigenvalue weighted by Crippen LogP contribution is -2.16. The Bertz CT molecular complexity index is 831. The van der Waals surface area contributed by atoms with Crippen LogP contribution in [0, 0.1) is 6.92 Å². The maximum Gasteiger partial charge on any atom is 0.161 e. The maximum atomic E-state index is 5.95. The number of rotatable bonds is 10. The Balaban J connectivity index is 1.48. The fraction of sp³-hybridized carbons (Fsp3) is 0.318. The molecule has 0 aliphatic heterocycles. The number of nitrogens with zero attached hydrogens (tertiary/aromatic N) is 2. The van der Waals surface area contributed by atoms with Crippen molar-refractivity contribution in [2.75, 3.05) is 13.7 Å². The van der Waals surface area contributed by atoms with Gasteiger partial charge >= 0.3 is 0 Å². The van der Waals surface area contributed by atoms with E-state index in [0.29, 0.717) is 6.61 Å². The molecule has 0 saturated heterocycles. The number of hydrogen-bond donors (Lipinski definition) is 1. The molecule has 0 unspecified atom stereocenters. The van der Waals surface area contributed by atoms with Crippen LogP contribution in [0.1, 0.15) is 23.1 Å². The van der Waals surface area contributed by atoms with Crippen LogP contribution in [0.4, 0.5) is 0 Å². The zero-order chi connectivity index (χ0) is 18.9. The summed E-state index contributed by atoms with van der Waals surface area (Å²) in [6, 6.07) is 14.4. The van der Waals surface area contributed by atoms with Crippen LogP contribution in [-0.4, -0.2) is 23.2 Å². The number of ether oxygens (including phenoxy) is 2. The molecule has 1 aromatic heterocycles. The van der Waals surface area contributed by atoms with E-state index in [1.165, 1.54) is 11.1 Å². The highest BCUT2D eigenvalue weighted by Gasteiger charge is 2.06. The van der Waals surface area contributed by atoms with E-state index in [9.17, 15) is 0 Å². The van der Waals surface area contributed by atoms with Gasteiger partial charge in [0.2, 0.25) is 0 Å². The van der Waals surface area contributed by atoms with Crippen molar-refractivity contribution in [3.63, 3.8) is 0 Å². The molecule has 0 bridgehead atoms. The van der Waals surface area contributed by atoms with Crippen LogP contribution < -0.4 is 14.8 Å². The standard InChI is InChI=1S/C22H27N3O2/c1-18-5-3-6-20(13-18)16-27-21-8-7-19(14-22(21)26-2)15-23-9-4-11-25-12-10-24-17-25/h3,5-8,10,12-14,17,23H,4,9,11,15-16H2,1-2H3. The number of nitrogens with one attached hydrogen (secondary N) is 1. The minimum absolute atomic E-state index is 0.532. The Morgan fingerprint density at radius 1 is 1.07 bits per heavy atom. The smallest absolute Gasteiger partial charge is 0.161 e. The zero-order valence-electron chi connectivity index (χ0n) is 16.0. The summed E-state index contributed by atoms with van der Waals surface area (Å²) in [5, 5.41) is 3.47. The Hall–Kier alpha value is -2.79. The third kappa shape index (κ3) is 5.86. The van der Waals surface area contributed by atoms with E-state index in [1.807, 2.05) is 36.9 Å². The molecule has 0 saturated carbocycles. The quantitative estimate of drug-likeness (QED) is 0.553. The summed E-state index contributed by atoms with van der Waals surface area (Å²) in [7, 11) is 1.68. The molecule has 0 amide bonds.